The third-order valence-electron chi connectivity index (χ3n) is 6.72. The Labute approximate surface area is 219 Å². The van der Waals surface area contributed by atoms with Crippen molar-refractivity contribution >= 4 is 5.97 Å². The number of esters is 1. The van der Waals surface area contributed by atoms with Gasteiger partial charge in [0.1, 0.15) is 5.82 Å². The average molecular weight is 508 g/mol. The Balaban J connectivity index is 1.66. The van der Waals surface area contributed by atoms with Gasteiger partial charge in [0.2, 0.25) is 0 Å². The molecule has 0 spiro atoms. The largest absolute Gasteiger partial charge is 0.466 e. The second kappa shape index (κ2) is 11.6. The van der Waals surface area contributed by atoms with Crippen LogP contribution in [0.3, 0.4) is 0 Å². The molecule has 1 aromatic heterocycles. The van der Waals surface area contributed by atoms with E-state index in [-0.39, 0.29) is 30.4 Å². The number of aromatic nitrogens is 1. The molecule has 0 N–H and O–H groups in total. The van der Waals surface area contributed by atoms with Crippen molar-refractivity contribution in [3.8, 4) is 22.4 Å². The molecule has 1 saturated heterocycles. The highest BCUT2D eigenvalue weighted by Crippen LogP contribution is 2.39. The van der Waals surface area contributed by atoms with Crippen molar-refractivity contribution in [2.24, 2.45) is 0 Å². The zero-order valence-corrected chi connectivity index (χ0v) is 22.5. The van der Waals surface area contributed by atoms with Crippen LogP contribution in [0.15, 0.2) is 60.7 Å². The summed E-state index contributed by atoms with van der Waals surface area (Å²) in [4.78, 5) is 12.1. The Kier molecular flexibility index (Phi) is 8.50. The number of hydrogen-bond donors (Lipinski definition) is 0. The standard InChI is InChI=1S/C31H38FNO4/c1-6-35-29(34)19-26-18-25(36-31(4,5)37-26)16-17-33-28(21(2)3)20-27(22-10-8-7-9-11-22)30(33)23-12-14-24(32)15-13-23/h7-15,20-21,25-26H,6,16-19H2,1-5H3/t25-,26-/m1/s1. The molecule has 4 rings (SSSR count). The number of carbonyl (C=O) groups is 1. The molecule has 1 aliphatic heterocycles. The van der Waals surface area contributed by atoms with Crippen LogP contribution >= 0.6 is 0 Å². The predicted molar refractivity (Wildman–Crippen MR) is 144 cm³/mol. The summed E-state index contributed by atoms with van der Waals surface area (Å²) in [5.74, 6) is -0.993. The first kappa shape index (κ1) is 27.1. The van der Waals surface area contributed by atoms with Gasteiger partial charge in [0, 0.05) is 24.2 Å². The van der Waals surface area contributed by atoms with Gasteiger partial charge in [-0.05, 0) is 74.6 Å². The molecule has 6 heteroatoms. The van der Waals surface area contributed by atoms with Gasteiger partial charge in [-0.2, -0.15) is 0 Å². The van der Waals surface area contributed by atoms with Gasteiger partial charge in [-0.1, -0.05) is 44.2 Å². The lowest BCUT2D eigenvalue weighted by Crippen LogP contribution is -2.45. The normalized spacial score (nSPS) is 19.2. The number of rotatable bonds is 9. The lowest BCUT2D eigenvalue weighted by Gasteiger charge is -2.40. The molecule has 0 amide bonds. The van der Waals surface area contributed by atoms with E-state index >= 15 is 0 Å². The minimum absolute atomic E-state index is 0.0770. The Hall–Kier alpha value is -2.96. The van der Waals surface area contributed by atoms with Crippen LogP contribution in [0.25, 0.3) is 22.4 Å². The van der Waals surface area contributed by atoms with E-state index in [1.807, 2.05) is 44.2 Å². The minimum Gasteiger partial charge on any atom is -0.466 e. The molecule has 0 saturated carbocycles. The summed E-state index contributed by atoms with van der Waals surface area (Å²) in [6.07, 6.45) is 1.27. The zero-order valence-electron chi connectivity index (χ0n) is 22.5. The Morgan fingerprint density at radius 3 is 2.38 bits per heavy atom. The average Bonchev–Trinajstić information content (AvgIpc) is 3.23. The highest BCUT2D eigenvalue weighted by molar-refractivity contribution is 5.82. The highest BCUT2D eigenvalue weighted by Gasteiger charge is 2.36. The fourth-order valence-corrected chi connectivity index (χ4v) is 5.25. The maximum absolute atomic E-state index is 13.8. The van der Waals surface area contributed by atoms with Gasteiger partial charge in [0.25, 0.3) is 0 Å². The Morgan fingerprint density at radius 1 is 1.05 bits per heavy atom. The van der Waals surface area contributed by atoms with Crippen molar-refractivity contribution in [3.05, 3.63) is 72.2 Å². The van der Waals surface area contributed by atoms with Crippen LogP contribution in [0.5, 0.6) is 0 Å². The zero-order chi connectivity index (χ0) is 26.6. The first-order valence-electron chi connectivity index (χ1n) is 13.2. The third-order valence-corrected chi connectivity index (χ3v) is 6.72. The van der Waals surface area contributed by atoms with Crippen molar-refractivity contribution in [2.75, 3.05) is 6.61 Å². The van der Waals surface area contributed by atoms with E-state index in [9.17, 15) is 9.18 Å². The molecule has 3 aromatic rings. The second-order valence-electron chi connectivity index (χ2n) is 10.4. The van der Waals surface area contributed by atoms with Gasteiger partial charge < -0.3 is 18.8 Å². The molecule has 0 bridgehead atoms. The van der Waals surface area contributed by atoms with E-state index in [1.54, 1.807) is 6.92 Å². The molecule has 198 valence electrons. The Morgan fingerprint density at radius 2 is 1.73 bits per heavy atom. The van der Waals surface area contributed by atoms with Gasteiger partial charge in [-0.3, -0.25) is 4.79 Å². The number of halogens is 1. The van der Waals surface area contributed by atoms with E-state index in [0.717, 1.165) is 35.3 Å². The number of nitrogens with zero attached hydrogens (tertiary/aromatic N) is 1. The van der Waals surface area contributed by atoms with Crippen molar-refractivity contribution in [1.82, 2.24) is 4.57 Å². The topological polar surface area (TPSA) is 49.7 Å². The summed E-state index contributed by atoms with van der Waals surface area (Å²) < 4.78 is 33.7. The van der Waals surface area contributed by atoms with Crippen molar-refractivity contribution < 1.29 is 23.4 Å². The summed E-state index contributed by atoms with van der Waals surface area (Å²) in [6, 6.07) is 19.3. The Bertz CT molecular complexity index is 1180. The van der Waals surface area contributed by atoms with Gasteiger partial charge in [0.15, 0.2) is 5.79 Å². The summed E-state index contributed by atoms with van der Waals surface area (Å²) in [7, 11) is 0. The van der Waals surface area contributed by atoms with Crippen LogP contribution in [-0.4, -0.2) is 35.1 Å². The highest BCUT2D eigenvalue weighted by atomic mass is 19.1. The van der Waals surface area contributed by atoms with Gasteiger partial charge in [-0.25, -0.2) is 4.39 Å². The molecule has 0 aliphatic carbocycles. The van der Waals surface area contributed by atoms with E-state index in [4.69, 9.17) is 14.2 Å². The second-order valence-corrected chi connectivity index (χ2v) is 10.4. The van der Waals surface area contributed by atoms with Crippen LogP contribution < -0.4 is 0 Å². The lowest BCUT2D eigenvalue weighted by atomic mass is 10.0. The van der Waals surface area contributed by atoms with Crippen LogP contribution in [-0.2, 0) is 25.5 Å². The van der Waals surface area contributed by atoms with Crippen LogP contribution in [0.1, 0.15) is 65.5 Å². The monoisotopic (exact) mass is 507 g/mol. The fraction of sp³-hybridized carbons (Fsp3) is 0.452. The van der Waals surface area contributed by atoms with E-state index in [0.29, 0.717) is 18.9 Å². The summed E-state index contributed by atoms with van der Waals surface area (Å²) >= 11 is 0. The van der Waals surface area contributed by atoms with Crippen LogP contribution in [0.4, 0.5) is 4.39 Å². The summed E-state index contributed by atoms with van der Waals surface area (Å²) in [5, 5.41) is 0. The molecule has 2 atom stereocenters. The quantitative estimate of drug-likeness (QED) is 0.284. The SMILES string of the molecule is CCOC(=O)C[C@H]1C[C@@H](CCn2c(C(C)C)cc(-c3ccccc3)c2-c2ccc(F)cc2)OC(C)(C)O1. The van der Waals surface area contributed by atoms with Crippen molar-refractivity contribution in [3.63, 3.8) is 0 Å². The van der Waals surface area contributed by atoms with Crippen molar-refractivity contribution in [1.29, 1.82) is 0 Å². The molecular formula is C31H38FNO4. The third kappa shape index (κ3) is 6.68. The molecule has 2 heterocycles. The predicted octanol–water partition coefficient (Wildman–Crippen LogP) is 7.34. The number of carbonyl (C=O) groups excluding carboxylic acids is 1. The molecule has 5 nitrogen and oxygen atoms in total. The van der Waals surface area contributed by atoms with Crippen LogP contribution in [0.2, 0.25) is 0 Å². The molecule has 2 aromatic carbocycles. The molecular weight excluding hydrogens is 469 g/mol. The number of benzene rings is 2. The summed E-state index contributed by atoms with van der Waals surface area (Å²) in [5.41, 5.74) is 5.52. The lowest BCUT2D eigenvalue weighted by molar-refractivity contribution is -0.300. The van der Waals surface area contributed by atoms with E-state index < -0.39 is 5.79 Å². The van der Waals surface area contributed by atoms with Gasteiger partial charge in [0.05, 0.1) is 30.9 Å². The van der Waals surface area contributed by atoms with E-state index in [1.165, 1.54) is 17.8 Å². The summed E-state index contributed by atoms with van der Waals surface area (Å²) in [6.45, 7) is 11.1. The smallest absolute Gasteiger partial charge is 0.308 e. The maximum Gasteiger partial charge on any atom is 0.308 e. The van der Waals surface area contributed by atoms with Crippen LogP contribution in [0, 0.1) is 5.82 Å². The molecule has 0 unspecified atom stereocenters. The number of hydrogen-bond acceptors (Lipinski definition) is 4. The van der Waals surface area contributed by atoms with Crippen molar-refractivity contribution in [2.45, 2.75) is 84.3 Å². The first-order chi connectivity index (χ1) is 17.7. The van der Waals surface area contributed by atoms with Gasteiger partial charge >= 0.3 is 5.97 Å². The number of ether oxygens (including phenoxy) is 3. The molecule has 37 heavy (non-hydrogen) atoms. The molecule has 1 fully saturated rings. The first-order valence-corrected chi connectivity index (χ1v) is 13.2. The van der Waals surface area contributed by atoms with E-state index in [2.05, 4.69) is 36.6 Å². The fourth-order valence-electron chi connectivity index (χ4n) is 5.25. The molecule has 0 radical (unpaired) electrons. The maximum atomic E-state index is 13.8. The molecule has 1 aliphatic rings. The van der Waals surface area contributed by atoms with Gasteiger partial charge in [-0.15, -0.1) is 0 Å². The minimum atomic E-state index is -0.785.